The Morgan fingerprint density at radius 3 is 3.04 bits per heavy atom. The zero-order valence-electron chi connectivity index (χ0n) is 14.7. The highest BCUT2D eigenvalue weighted by Crippen LogP contribution is 2.57. The number of aromatic hydroxyl groups is 1. The number of esters is 1. The van der Waals surface area contributed by atoms with Crippen LogP contribution in [0, 0.1) is 0 Å². The van der Waals surface area contributed by atoms with E-state index in [4.69, 9.17) is 18.9 Å². The van der Waals surface area contributed by atoms with Crippen molar-refractivity contribution in [2.45, 2.75) is 43.6 Å². The summed E-state index contributed by atoms with van der Waals surface area (Å²) in [5.74, 6) is 0.769. The fourth-order valence-corrected chi connectivity index (χ4v) is 5.08. The summed E-state index contributed by atoms with van der Waals surface area (Å²) >= 11 is 0. The van der Waals surface area contributed by atoms with E-state index >= 15 is 0 Å². The van der Waals surface area contributed by atoms with Crippen LogP contribution in [-0.4, -0.2) is 54.7 Å². The molecule has 0 amide bonds. The van der Waals surface area contributed by atoms with Crippen molar-refractivity contribution < 1.29 is 28.8 Å². The molecular formula is C19H21NO6. The third-order valence-electron chi connectivity index (χ3n) is 6.15. The first-order chi connectivity index (χ1) is 12.5. The average molecular weight is 359 g/mol. The van der Waals surface area contributed by atoms with Gasteiger partial charge in [0, 0.05) is 38.7 Å². The first-order valence-electron chi connectivity index (χ1n) is 8.83. The van der Waals surface area contributed by atoms with Crippen molar-refractivity contribution in [1.29, 1.82) is 0 Å². The molecule has 1 aromatic carbocycles. The highest BCUT2D eigenvalue weighted by atomic mass is 16.7. The number of fused-ring (bicyclic) bond motifs is 2. The van der Waals surface area contributed by atoms with Gasteiger partial charge in [-0.3, -0.25) is 9.69 Å². The normalized spacial score (nSPS) is 35.8. The molecule has 0 radical (unpaired) electrons. The molecule has 5 rings (SSSR count). The summed E-state index contributed by atoms with van der Waals surface area (Å²) in [4.78, 5) is 14.0. The van der Waals surface area contributed by atoms with Crippen molar-refractivity contribution in [2.75, 3.05) is 20.4 Å². The summed E-state index contributed by atoms with van der Waals surface area (Å²) in [7, 11) is 1.70. The number of carbonyl (C=O) groups is 1. The summed E-state index contributed by atoms with van der Waals surface area (Å²) in [6, 6.07) is 2.08. The molecule has 26 heavy (non-hydrogen) atoms. The van der Waals surface area contributed by atoms with Gasteiger partial charge in [-0.2, -0.15) is 0 Å². The molecule has 4 aliphatic rings. The number of phenols is 1. The quantitative estimate of drug-likeness (QED) is 0.633. The van der Waals surface area contributed by atoms with Crippen LogP contribution in [0.1, 0.15) is 24.5 Å². The Bertz CT molecular complexity index is 821. The number of phenolic OH excluding ortho intramolecular Hbond substituents is 1. The molecule has 138 valence electrons. The van der Waals surface area contributed by atoms with Crippen LogP contribution >= 0.6 is 0 Å². The van der Waals surface area contributed by atoms with Gasteiger partial charge in [0.25, 0.3) is 0 Å². The summed E-state index contributed by atoms with van der Waals surface area (Å²) in [5, 5.41) is 10.8. The van der Waals surface area contributed by atoms with E-state index in [9.17, 15) is 9.90 Å². The summed E-state index contributed by atoms with van der Waals surface area (Å²) in [6.45, 7) is 2.73. The fourth-order valence-electron chi connectivity index (χ4n) is 5.08. The molecule has 1 saturated heterocycles. The molecule has 2 bridgehead atoms. The molecular weight excluding hydrogens is 338 g/mol. The van der Waals surface area contributed by atoms with E-state index in [1.165, 1.54) is 6.92 Å². The number of ether oxygens (including phenoxy) is 4. The van der Waals surface area contributed by atoms with E-state index in [0.717, 1.165) is 17.5 Å². The number of benzene rings is 1. The number of carbonyl (C=O) groups excluding carboxylic acids is 1. The second-order valence-corrected chi connectivity index (χ2v) is 7.33. The molecule has 7 heteroatoms. The summed E-state index contributed by atoms with van der Waals surface area (Å²) < 4.78 is 22.3. The van der Waals surface area contributed by atoms with Gasteiger partial charge in [-0.15, -0.1) is 0 Å². The molecule has 5 unspecified atom stereocenters. The van der Waals surface area contributed by atoms with Crippen LogP contribution in [0.5, 0.6) is 17.2 Å². The predicted octanol–water partition coefficient (Wildman–Crippen LogP) is 1.46. The van der Waals surface area contributed by atoms with E-state index < -0.39 is 5.41 Å². The van der Waals surface area contributed by atoms with Crippen molar-refractivity contribution in [1.82, 2.24) is 4.90 Å². The van der Waals surface area contributed by atoms with Crippen LogP contribution in [0.2, 0.25) is 0 Å². The van der Waals surface area contributed by atoms with Gasteiger partial charge in [-0.1, -0.05) is 12.2 Å². The zero-order chi connectivity index (χ0) is 18.1. The number of hydrogen-bond acceptors (Lipinski definition) is 7. The van der Waals surface area contributed by atoms with E-state index in [0.29, 0.717) is 24.6 Å². The van der Waals surface area contributed by atoms with E-state index in [2.05, 4.69) is 11.0 Å². The van der Waals surface area contributed by atoms with Gasteiger partial charge in [0.15, 0.2) is 11.5 Å². The predicted molar refractivity (Wildman–Crippen MR) is 90.2 cm³/mol. The minimum absolute atomic E-state index is 0.0239. The molecule has 7 nitrogen and oxygen atoms in total. The molecule has 1 fully saturated rings. The van der Waals surface area contributed by atoms with Crippen molar-refractivity contribution in [3.8, 4) is 17.2 Å². The van der Waals surface area contributed by atoms with Crippen molar-refractivity contribution in [3.63, 3.8) is 0 Å². The third-order valence-corrected chi connectivity index (χ3v) is 6.15. The molecule has 0 spiro atoms. The van der Waals surface area contributed by atoms with Gasteiger partial charge in [0.1, 0.15) is 6.10 Å². The number of hydrogen-bond donors (Lipinski definition) is 1. The standard InChI is InChI=1S/C19H21NO6/c1-10(21)26-16-8-20-7-12-13(6-14-18(17(12)22)25-9-24-14)19(16)4-3-11(23-2)5-15(19)20/h3-4,6,11,15-16,22H,5,7-9H2,1-2H3. The van der Waals surface area contributed by atoms with Crippen molar-refractivity contribution in [3.05, 3.63) is 29.3 Å². The largest absolute Gasteiger partial charge is 0.504 e. The first-order valence-corrected chi connectivity index (χ1v) is 8.83. The van der Waals surface area contributed by atoms with Gasteiger partial charge in [-0.25, -0.2) is 0 Å². The lowest BCUT2D eigenvalue weighted by Gasteiger charge is -2.46. The van der Waals surface area contributed by atoms with Crippen LogP contribution in [0.4, 0.5) is 0 Å². The number of methoxy groups -OCH3 is 1. The lowest BCUT2D eigenvalue weighted by Crippen LogP contribution is -2.52. The monoisotopic (exact) mass is 359 g/mol. The molecule has 3 aliphatic heterocycles. The second-order valence-electron chi connectivity index (χ2n) is 7.33. The Balaban J connectivity index is 1.73. The Morgan fingerprint density at radius 2 is 2.27 bits per heavy atom. The molecule has 0 aromatic heterocycles. The third kappa shape index (κ3) is 1.92. The van der Waals surface area contributed by atoms with Gasteiger partial charge in [0.05, 0.1) is 11.5 Å². The molecule has 1 aromatic rings. The lowest BCUT2D eigenvalue weighted by atomic mass is 9.65. The highest BCUT2D eigenvalue weighted by molar-refractivity contribution is 5.68. The van der Waals surface area contributed by atoms with Crippen LogP contribution < -0.4 is 9.47 Å². The highest BCUT2D eigenvalue weighted by Gasteiger charge is 2.61. The number of rotatable bonds is 2. The Hall–Kier alpha value is -2.25. The molecule has 0 saturated carbocycles. The average Bonchev–Trinajstić information content (AvgIpc) is 3.17. The topological polar surface area (TPSA) is 77.5 Å². The van der Waals surface area contributed by atoms with Gasteiger partial charge < -0.3 is 24.1 Å². The van der Waals surface area contributed by atoms with Gasteiger partial charge in [0.2, 0.25) is 12.5 Å². The van der Waals surface area contributed by atoms with Crippen LogP contribution in [0.15, 0.2) is 18.2 Å². The maximum absolute atomic E-state index is 11.8. The minimum atomic E-state index is -0.521. The first kappa shape index (κ1) is 16.0. The maximum Gasteiger partial charge on any atom is 0.302 e. The van der Waals surface area contributed by atoms with Crippen molar-refractivity contribution in [2.24, 2.45) is 0 Å². The zero-order valence-corrected chi connectivity index (χ0v) is 14.7. The SMILES string of the molecule is COC1C=CC23c4cc5c(c(O)c4CN(CC2OC(C)=O)C3C1)OCO5. The Kier molecular flexibility index (Phi) is 3.30. The fraction of sp³-hybridized carbons (Fsp3) is 0.526. The van der Waals surface area contributed by atoms with Gasteiger partial charge in [-0.05, 0) is 18.1 Å². The second kappa shape index (κ2) is 5.37. The van der Waals surface area contributed by atoms with Crippen LogP contribution in [0.25, 0.3) is 0 Å². The smallest absolute Gasteiger partial charge is 0.302 e. The molecule has 1 N–H and O–H groups in total. The summed E-state index contributed by atoms with van der Waals surface area (Å²) in [5.41, 5.74) is 1.25. The van der Waals surface area contributed by atoms with Crippen molar-refractivity contribution >= 4 is 5.97 Å². The summed E-state index contributed by atoms with van der Waals surface area (Å²) in [6.07, 6.45) is 4.64. The van der Waals surface area contributed by atoms with Crippen LogP contribution in [-0.2, 0) is 26.2 Å². The van der Waals surface area contributed by atoms with E-state index in [1.807, 2.05) is 12.1 Å². The Labute approximate surface area is 151 Å². The number of nitrogens with zero attached hydrogens (tertiary/aromatic N) is 1. The molecule has 1 aliphatic carbocycles. The van der Waals surface area contributed by atoms with Gasteiger partial charge >= 0.3 is 5.97 Å². The lowest BCUT2D eigenvalue weighted by molar-refractivity contribution is -0.147. The van der Waals surface area contributed by atoms with E-state index in [-0.39, 0.29) is 36.8 Å². The van der Waals surface area contributed by atoms with E-state index in [1.54, 1.807) is 7.11 Å². The molecule has 3 heterocycles. The Morgan fingerprint density at radius 1 is 1.42 bits per heavy atom. The maximum atomic E-state index is 11.8. The molecule has 5 atom stereocenters. The van der Waals surface area contributed by atoms with Crippen LogP contribution in [0.3, 0.4) is 0 Å². The minimum Gasteiger partial charge on any atom is -0.504 e.